The normalized spacial score (nSPS) is 29.8. The summed E-state index contributed by atoms with van der Waals surface area (Å²) in [7, 11) is 0. The molecule has 11 heavy (non-hydrogen) atoms. The quantitative estimate of drug-likeness (QED) is 0.588. The third kappa shape index (κ3) is 2.60. The third-order valence-corrected chi connectivity index (χ3v) is 1.61. The fraction of sp³-hybridized carbons (Fsp3) is 0.750. The van der Waals surface area contributed by atoms with Gasteiger partial charge in [0, 0.05) is 13.0 Å². The van der Waals surface area contributed by atoms with Gasteiger partial charge in [0.15, 0.2) is 6.29 Å². The van der Waals surface area contributed by atoms with Crippen LogP contribution in [0.4, 0.5) is 4.39 Å². The molecule has 0 aromatic heterocycles. The van der Waals surface area contributed by atoms with E-state index in [2.05, 4.69) is 6.58 Å². The van der Waals surface area contributed by atoms with E-state index in [1.165, 1.54) is 6.92 Å². The van der Waals surface area contributed by atoms with Gasteiger partial charge in [-0.2, -0.15) is 0 Å². The Morgan fingerprint density at radius 3 is 3.00 bits per heavy atom. The molecule has 1 rings (SSSR count). The molecular weight excluding hydrogens is 147 g/mol. The van der Waals surface area contributed by atoms with Crippen molar-refractivity contribution in [3.05, 3.63) is 12.7 Å². The van der Waals surface area contributed by atoms with Gasteiger partial charge in [0.05, 0.1) is 0 Å². The number of alkyl halides is 1. The maximum absolute atomic E-state index is 13.1. The van der Waals surface area contributed by atoms with E-state index in [9.17, 15) is 4.39 Å². The Labute approximate surface area is 66.0 Å². The van der Waals surface area contributed by atoms with Gasteiger partial charge in [0.25, 0.3) is 0 Å². The molecule has 1 saturated heterocycles. The molecule has 0 aromatic rings. The van der Waals surface area contributed by atoms with Crippen LogP contribution in [-0.4, -0.2) is 18.8 Å². The minimum Gasteiger partial charge on any atom is -0.353 e. The number of hydrogen-bond acceptors (Lipinski definition) is 2. The first-order valence-electron chi connectivity index (χ1n) is 3.76. The minimum absolute atomic E-state index is 0.386. The summed E-state index contributed by atoms with van der Waals surface area (Å²) in [4.78, 5) is 0. The summed E-state index contributed by atoms with van der Waals surface area (Å²) < 4.78 is 23.1. The molecule has 0 radical (unpaired) electrons. The zero-order chi connectivity index (χ0) is 8.32. The Bertz CT molecular complexity index is 139. The minimum atomic E-state index is -1.75. The molecule has 0 saturated carbocycles. The van der Waals surface area contributed by atoms with Crippen molar-refractivity contribution in [2.75, 3.05) is 6.61 Å². The highest BCUT2D eigenvalue weighted by Gasteiger charge is 2.27. The zero-order valence-corrected chi connectivity index (χ0v) is 6.68. The molecule has 2 unspecified atom stereocenters. The van der Waals surface area contributed by atoms with Crippen LogP contribution in [0.25, 0.3) is 0 Å². The second kappa shape index (κ2) is 3.32. The SMILES string of the molecule is C=CC(C)(F)OC1CCCO1. The van der Waals surface area contributed by atoms with Crippen LogP contribution in [0.15, 0.2) is 12.7 Å². The van der Waals surface area contributed by atoms with Gasteiger partial charge in [-0.15, -0.1) is 0 Å². The van der Waals surface area contributed by atoms with Gasteiger partial charge >= 0.3 is 0 Å². The topological polar surface area (TPSA) is 18.5 Å². The Hall–Kier alpha value is -0.410. The Morgan fingerprint density at radius 1 is 1.82 bits per heavy atom. The summed E-state index contributed by atoms with van der Waals surface area (Å²) in [6, 6.07) is 0. The van der Waals surface area contributed by atoms with E-state index in [1.54, 1.807) is 0 Å². The van der Waals surface area contributed by atoms with Crippen LogP contribution < -0.4 is 0 Å². The van der Waals surface area contributed by atoms with Crippen molar-refractivity contribution >= 4 is 0 Å². The lowest BCUT2D eigenvalue weighted by atomic mass is 10.3. The highest BCUT2D eigenvalue weighted by atomic mass is 19.2. The van der Waals surface area contributed by atoms with E-state index in [4.69, 9.17) is 9.47 Å². The molecule has 0 N–H and O–H groups in total. The summed E-state index contributed by atoms with van der Waals surface area (Å²) in [6.45, 7) is 5.30. The Kier molecular flexibility index (Phi) is 2.62. The molecule has 2 atom stereocenters. The van der Waals surface area contributed by atoms with Crippen LogP contribution in [0.5, 0.6) is 0 Å². The van der Waals surface area contributed by atoms with Crippen molar-refractivity contribution in [3.63, 3.8) is 0 Å². The van der Waals surface area contributed by atoms with Crippen LogP contribution >= 0.6 is 0 Å². The molecule has 1 aliphatic rings. The first-order valence-corrected chi connectivity index (χ1v) is 3.76. The predicted octanol–water partition coefficient (Wildman–Crippen LogP) is 2.01. The summed E-state index contributed by atoms with van der Waals surface area (Å²) in [5, 5.41) is 0. The standard InChI is InChI=1S/C8H13FO2/c1-3-8(2,9)11-7-5-4-6-10-7/h3,7H,1,4-6H2,2H3. The van der Waals surface area contributed by atoms with Gasteiger partial charge in [-0.25, -0.2) is 4.39 Å². The molecule has 0 aliphatic carbocycles. The van der Waals surface area contributed by atoms with Gasteiger partial charge in [-0.1, -0.05) is 6.58 Å². The van der Waals surface area contributed by atoms with Crippen molar-refractivity contribution in [1.29, 1.82) is 0 Å². The largest absolute Gasteiger partial charge is 0.353 e. The number of ether oxygens (including phenoxy) is 2. The third-order valence-electron chi connectivity index (χ3n) is 1.61. The van der Waals surface area contributed by atoms with E-state index in [-0.39, 0.29) is 6.29 Å². The number of hydrogen-bond donors (Lipinski definition) is 0. The van der Waals surface area contributed by atoms with E-state index in [0.717, 1.165) is 18.9 Å². The van der Waals surface area contributed by atoms with Crippen molar-refractivity contribution in [1.82, 2.24) is 0 Å². The number of rotatable bonds is 3. The molecule has 2 nitrogen and oxygen atoms in total. The average Bonchev–Trinajstić information content (AvgIpc) is 2.39. The predicted molar refractivity (Wildman–Crippen MR) is 39.8 cm³/mol. The molecule has 1 heterocycles. The molecule has 1 fully saturated rings. The summed E-state index contributed by atoms with van der Waals surface area (Å²) >= 11 is 0. The summed E-state index contributed by atoms with van der Waals surface area (Å²) in [5.41, 5.74) is 0. The smallest absolute Gasteiger partial charge is 0.227 e. The molecule has 3 heteroatoms. The molecule has 0 spiro atoms. The van der Waals surface area contributed by atoms with Gasteiger partial charge in [-0.05, 0) is 19.4 Å². The first kappa shape index (κ1) is 8.68. The van der Waals surface area contributed by atoms with Crippen molar-refractivity contribution in [2.24, 2.45) is 0 Å². The highest BCUT2D eigenvalue weighted by Crippen LogP contribution is 2.22. The summed E-state index contributed by atoms with van der Waals surface area (Å²) in [5.74, 6) is -1.75. The average molecular weight is 160 g/mol. The lowest BCUT2D eigenvalue weighted by molar-refractivity contribution is -0.212. The van der Waals surface area contributed by atoms with Crippen molar-refractivity contribution in [2.45, 2.75) is 31.9 Å². The van der Waals surface area contributed by atoms with Crippen LogP contribution in [0.3, 0.4) is 0 Å². The molecule has 64 valence electrons. The lowest BCUT2D eigenvalue weighted by Crippen LogP contribution is -2.26. The van der Waals surface area contributed by atoms with E-state index in [0.29, 0.717) is 6.61 Å². The fourth-order valence-corrected chi connectivity index (χ4v) is 0.946. The van der Waals surface area contributed by atoms with Crippen LogP contribution in [0, 0.1) is 0 Å². The van der Waals surface area contributed by atoms with Gasteiger partial charge in [0.1, 0.15) is 0 Å². The Morgan fingerprint density at radius 2 is 2.55 bits per heavy atom. The van der Waals surface area contributed by atoms with E-state index < -0.39 is 5.85 Å². The molecule has 0 amide bonds. The Balaban J connectivity index is 2.33. The zero-order valence-electron chi connectivity index (χ0n) is 6.68. The maximum atomic E-state index is 13.1. The van der Waals surface area contributed by atoms with Crippen LogP contribution in [-0.2, 0) is 9.47 Å². The van der Waals surface area contributed by atoms with Crippen LogP contribution in [0.2, 0.25) is 0 Å². The van der Waals surface area contributed by atoms with Gasteiger partial charge < -0.3 is 9.47 Å². The van der Waals surface area contributed by atoms with Crippen molar-refractivity contribution in [3.8, 4) is 0 Å². The van der Waals surface area contributed by atoms with E-state index >= 15 is 0 Å². The van der Waals surface area contributed by atoms with Gasteiger partial charge in [0.2, 0.25) is 5.85 Å². The fourth-order valence-electron chi connectivity index (χ4n) is 0.946. The summed E-state index contributed by atoms with van der Waals surface area (Å²) in [6.07, 6.45) is 2.46. The molecular formula is C8H13FO2. The maximum Gasteiger partial charge on any atom is 0.227 e. The van der Waals surface area contributed by atoms with Crippen LogP contribution in [0.1, 0.15) is 19.8 Å². The van der Waals surface area contributed by atoms with Crippen molar-refractivity contribution < 1.29 is 13.9 Å². The van der Waals surface area contributed by atoms with Gasteiger partial charge in [-0.3, -0.25) is 0 Å². The van der Waals surface area contributed by atoms with E-state index in [1.807, 2.05) is 0 Å². The first-order chi connectivity index (χ1) is 5.14. The highest BCUT2D eigenvalue weighted by molar-refractivity contribution is 4.84. The second-order valence-corrected chi connectivity index (χ2v) is 2.75. The lowest BCUT2D eigenvalue weighted by Gasteiger charge is -2.20. The molecule has 0 aromatic carbocycles. The molecule has 1 aliphatic heterocycles. The monoisotopic (exact) mass is 160 g/mol. The second-order valence-electron chi connectivity index (χ2n) is 2.75. The number of halogens is 1. The molecule has 0 bridgehead atoms.